The molecule has 0 bridgehead atoms. The molecule has 8 nitrogen and oxygen atoms in total. The van der Waals surface area contributed by atoms with Crippen LogP contribution in [0.3, 0.4) is 0 Å². The van der Waals surface area contributed by atoms with Crippen LogP contribution in [0.15, 0.2) is 16.8 Å². The molecule has 0 radical (unpaired) electrons. The molecule has 116 valence electrons. The van der Waals surface area contributed by atoms with Gasteiger partial charge in [0.15, 0.2) is 5.82 Å². The van der Waals surface area contributed by atoms with E-state index < -0.39 is 24.9 Å². The van der Waals surface area contributed by atoms with Crippen molar-refractivity contribution in [3.8, 4) is 11.5 Å². The van der Waals surface area contributed by atoms with Crippen molar-refractivity contribution in [1.82, 2.24) is 15.1 Å². The third-order valence-electron chi connectivity index (χ3n) is 3.16. The van der Waals surface area contributed by atoms with Crippen molar-refractivity contribution >= 4 is 0 Å². The van der Waals surface area contributed by atoms with Crippen molar-refractivity contribution in [3.05, 3.63) is 23.7 Å². The Morgan fingerprint density at radius 1 is 1.29 bits per heavy atom. The largest absolute Gasteiger partial charge is 0.394 e. The maximum Gasteiger partial charge on any atom is 0.159 e. The second-order valence-corrected chi connectivity index (χ2v) is 5.14. The standard InChI is InChI=1S/C13H19N3O5/c1-6(2)10-3-7(16-21-10)13-14-4-8(15-13)11(19)12(20)9(18)5-17/h3-4,6,9,11-12,17-20H,5H2,1-2H3,(H,14,15)/t9-,11-,12-/m1/s1. The number of aliphatic hydroxyl groups is 4. The Kier molecular flexibility index (Phi) is 4.73. The third-order valence-corrected chi connectivity index (χ3v) is 3.16. The molecule has 21 heavy (non-hydrogen) atoms. The average Bonchev–Trinajstić information content (AvgIpc) is 3.12. The summed E-state index contributed by atoms with van der Waals surface area (Å²) in [5.41, 5.74) is 0.688. The fourth-order valence-electron chi connectivity index (χ4n) is 1.79. The van der Waals surface area contributed by atoms with Crippen LogP contribution < -0.4 is 0 Å². The van der Waals surface area contributed by atoms with Gasteiger partial charge in [0.25, 0.3) is 0 Å². The first kappa shape index (κ1) is 15.6. The molecule has 0 saturated carbocycles. The molecule has 2 aromatic rings. The van der Waals surface area contributed by atoms with E-state index in [4.69, 9.17) is 9.63 Å². The Labute approximate surface area is 121 Å². The van der Waals surface area contributed by atoms with E-state index in [1.54, 1.807) is 6.07 Å². The van der Waals surface area contributed by atoms with Gasteiger partial charge in [0.05, 0.1) is 18.5 Å². The smallest absolute Gasteiger partial charge is 0.159 e. The van der Waals surface area contributed by atoms with E-state index in [1.165, 1.54) is 6.20 Å². The molecular formula is C13H19N3O5. The van der Waals surface area contributed by atoms with Gasteiger partial charge in [-0.1, -0.05) is 19.0 Å². The maximum atomic E-state index is 9.91. The summed E-state index contributed by atoms with van der Waals surface area (Å²) in [4.78, 5) is 6.86. The molecule has 3 atom stereocenters. The number of aromatic nitrogens is 3. The Morgan fingerprint density at radius 3 is 2.57 bits per heavy atom. The molecule has 5 N–H and O–H groups in total. The second kappa shape index (κ2) is 6.35. The highest BCUT2D eigenvalue weighted by Crippen LogP contribution is 2.24. The van der Waals surface area contributed by atoms with Crippen molar-refractivity contribution in [2.75, 3.05) is 6.61 Å². The lowest BCUT2D eigenvalue weighted by Crippen LogP contribution is -2.34. The zero-order valence-electron chi connectivity index (χ0n) is 11.8. The highest BCUT2D eigenvalue weighted by atomic mass is 16.5. The number of rotatable bonds is 6. The fraction of sp³-hybridized carbons (Fsp3) is 0.538. The quantitative estimate of drug-likeness (QED) is 0.503. The monoisotopic (exact) mass is 297 g/mol. The fourth-order valence-corrected chi connectivity index (χ4v) is 1.79. The van der Waals surface area contributed by atoms with Crippen molar-refractivity contribution in [2.45, 2.75) is 38.1 Å². The van der Waals surface area contributed by atoms with Crippen LogP contribution in [0, 0.1) is 0 Å². The second-order valence-electron chi connectivity index (χ2n) is 5.14. The molecule has 0 aromatic carbocycles. The molecule has 8 heteroatoms. The summed E-state index contributed by atoms with van der Waals surface area (Å²) in [5.74, 6) is 1.28. The van der Waals surface area contributed by atoms with Crippen LogP contribution in [0.5, 0.6) is 0 Å². The van der Waals surface area contributed by atoms with Crippen molar-refractivity contribution in [2.24, 2.45) is 0 Å². The number of nitrogens with one attached hydrogen (secondary N) is 1. The average molecular weight is 297 g/mol. The van der Waals surface area contributed by atoms with Gasteiger partial charge in [0, 0.05) is 12.0 Å². The van der Waals surface area contributed by atoms with E-state index in [0.29, 0.717) is 17.3 Å². The number of hydrogen-bond donors (Lipinski definition) is 5. The molecule has 0 fully saturated rings. The van der Waals surface area contributed by atoms with Gasteiger partial charge in [0.2, 0.25) is 0 Å². The normalized spacial score (nSPS) is 16.1. The van der Waals surface area contributed by atoms with Gasteiger partial charge in [-0.25, -0.2) is 4.98 Å². The van der Waals surface area contributed by atoms with Gasteiger partial charge in [-0.2, -0.15) is 0 Å². The van der Waals surface area contributed by atoms with E-state index in [1.807, 2.05) is 13.8 Å². The molecule has 0 unspecified atom stereocenters. The zero-order chi connectivity index (χ0) is 15.6. The maximum absolute atomic E-state index is 9.91. The molecule has 2 heterocycles. The number of aromatic amines is 1. The van der Waals surface area contributed by atoms with Gasteiger partial charge in [0.1, 0.15) is 29.8 Å². The molecule has 2 rings (SSSR count). The highest BCUT2D eigenvalue weighted by molar-refractivity contribution is 5.49. The first-order valence-corrected chi connectivity index (χ1v) is 6.61. The lowest BCUT2D eigenvalue weighted by atomic mass is 10.1. The highest BCUT2D eigenvalue weighted by Gasteiger charge is 2.27. The molecule has 0 aliphatic heterocycles. The van der Waals surface area contributed by atoms with Crippen molar-refractivity contribution in [3.63, 3.8) is 0 Å². The minimum atomic E-state index is -1.52. The topological polar surface area (TPSA) is 136 Å². The summed E-state index contributed by atoms with van der Waals surface area (Å²) in [6.45, 7) is 3.28. The first-order chi connectivity index (χ1) is 9.93. The number of nitrogens with zero attached hydrogens (tertiary/aromatic N) is 2. The number of imidazole rings is 1. The van der Waals surface area contributed by atoms with Gasteiger partial charge in [-0.3, -0.25) is 0 Å². The van der Waals surface area contributed by atoms with Crippen molar-refractivity contribution < 1.29 is 24.9 Å². The van der Waals surface area contributed by atoms with Crippen LogP contribution in [0.25, 0.3) is 11.5 Å². The molecule has 0 aliphatic carbocycles. The van der Waals surface area contributed by atoms with E-state index in [9.17, 15) is 15.3 Å². The predicted molar refractivity (Wildman–Crippen MR) is 72.2 cm³/mol. The molecule has 0 aliphatic rings. The van der Waals surface area contributed by atoms with Crippen LogP contribution in [-0.2, 0) is 0 Å². The lowest BCUT2D eigenvalue weighted by molar-refractivity contribution is -0.0788. The summed E-state index contributed by atoms with van der Waals surface area (Å²) in [6.07, 6.45) is -3.03. The Bertz CT molecular complexity index is 580. The molecule has 0 saturated heterocycles. The zero-order valence-corrected chi connectivity index (χ0v) is 11.8. The molecule has 2 aromatic heterocycles. The molecule has 0 amide bonds. The van der Waals surface area contributed by atoms with E-state index in [0.717, 1.165) is 0 Å². The van der Waals surface area contributed by atoms with Crippen LogP contribution in [0.4, 0.5) is 0 Å². The van der Waals surface area contributed by atoms with Crippen LogP contribution >= 0.6 is 0 Å². The van der Waals surface area contributed by atoms with Gasteiger partial charge < -0.3 is 29.9 Å². The summed E-state index contributed by atoms with van der Waals surface area (Å²) in [7, 11) is 0. The number of H-pyrrole nitrogens is 1. The van der Waals surface area contributed by atoms with Crippen LogP contribution in [-0.4, -0.2) is 54.4 Å². The molecule has 0 spiro atoms. The van der Waals surface area contributed by atoms with E-state index >= 15 is 0 Å². The van der Waals surface area contributed by atoms with Gasteiger partial charge in [-0.15, -0.1) is 0 Å². The minimum Gasteiger partial charge on any atom is -0.394 e. The summed E-state index contributed by atoms with van der Waals surface area (Å²) in [5, 5.41) is 41.5. The van der Waals surface area contributed by atoms with Gasteiger partial charge >= 0.3 is 0 Å². The Balaban J connectivity index is 2.17. The summed E-state index contributed by atoms with van der Waals surface area (Å²) < 4.78 is 5.16. The first-order valence-electron chi connectivity index (χ1n) is 6.61. The predicted octanol–water partition coefficient (Wildman–Crippen LogP) is -0.0644. The summed E-state index contributed by atoms with van der Waals surface area (Å²) >= 11 is 0. The summed E-state index contributed by atoms with van der Waals surface area (Å²) in [6, 6.07) is 1.73. The van der Waals surface area contributed by atoms with Crippen LogP contribution in [0.2, 0.25) is 0 Å². The minimum absolute atomic E-state index is 0.188. The number of aliphatic hydroxyl groups excluding tert-OH is 4. The van der Waals surface area contributed by atoms with E-state index in [2.05, 4.69) is 15.1 Å². The Morgan fingerprint density at radius 2 is 2.00 bits per heavy atom. The van der Waals surface area contributed by atoms with Gasteiger partial charge in [-0.05, 0) is 0 Å². The molecular weight excluding hydrogens is 278 g/mol. The SMILES string of the molecule is CC(C)c1cc(-c2ncc([C@@H](O)[C@H](O)[C@H](O)CO)[nH]2)no1. The third kappa shape index (κ3) is 3.30. The lowest BCUT2D eigenvalue weighted by Gasteiger charge is -2.20. The van der Waals surface area contributed by atoms with Crippen LogP contribution in [0.1, 0.15) is 37.3 Å². The van der Waals surface area contributed by atoms with E-state index in [-0.39, 0.29) is 11.6 Å². The van der Waals surface area contributed by atoms with Crippen molar-refractivity contribution in [1.29, 1.82) is 0 Å². The Hall–Kier alpha value is -1.74. The number of hydrogen-bond acceptors (Lipinski definition) is 7.